The minimum atomic E-state index is 0. The van der Waals surface area contributed by atoms with Crippen molar-refractivity contribution in [2.75, 3.05) is 0 Å². The van der Waals surface area contributed by atoms with Crippen LogP contribution in [-0.2, 0) is 30.9 Å². The molecule has 0 bridgehead atoms. The van der Waals surface area contributed by atoms with Gasteiger partial charge in [0.2, 0.25) is 0 Å². The Morgan fingerprint density at radius 1 is 0.542 bits per heavy atom. The summed E-state index contributed by atoms with van der Waals surface area (Å²) in [6, 6.07) is 41.4. The molecule has 8 rings (SSSR count). The van der Waals surface area contributed by atoms with Gasteiger partial charge in [-0.15, -0.1) is 34.9 Å². The first-order chi connectivity index (χ1) is 22.6. The molecule has 48 heavy (non-hydrogen) atoms. The molecule has 0 saturated carbocycles. The van der Waals surface area contributed by atoms with Gasteiger partial charge in [-0.2, -0.15) is 0 Å². The molecule has 0 amide bonds. The van der Waals surface area contributed by atoms with Crippen LogP contribution < -0.4 is 0 Å². The first kappa shape index (κ1) is 32.0. The number of hydrogen-bond donors (Lipinski definition) is 0. The molecular weight excluding hydrogens is 765 g/mol. The van der Waals surface area contributed by atoms with Gasteiger partial charge in [-0.3, -0.25) is 0 Å². The monoisotopic (exact) mass is 802 g/mol. The molecule has 0 atom stereocenters. The van der Waals surface area contributed by atoms with E-state index >= 15 is 0 Å². The van der Waals surface area contributed by atoms with Crippen molar-refractivity contribution in [2.45, 2.75) is 52.4 Å². The van der Waals surface area contributed by atoms with E-state index in [1.807, 2.05) is 6.20 Å². The molecular formula is C43H37IrN4-. The van der Waals surface area contributed by atoms with Crippen molar-refractivity contribution in [3.63, 3.8) is 0 Å². The van der Waals surface area contributed by atoms with E-state index in [1.54, 1.807) is 0 Å². The van der Waals surface area contributed by atoms with Gasteiger partial charge in [-0.05, 0) is 43.5 Å². The smallest absolute Gasteiger partial charge is 0.165 e. The van der Waals surface area contributed by atoms with Crippen molar-refractivity contribution in [3.05, 3.63) is 133 Å². The van der Waals surface area contributed by atoms with Crippen molar-refractivity contribution in [1.82, 2.24) is 19.9 Å². The van der Waals surface area contributed by atoms with E-state index in [4.69, 9.17) is 19.9 Å². The number of aromatic nitrogens is 4. The maximum absolute atomic E-state index is 5.09. The summed E-state index contributed by atoms with van der Waals surface area (Å²) in [6.45, 7) is 14.2. The van der Waals surface area contributed by atoms with Crippen LogP contribution in [0.4, 0.5) is 0 Å². The number of rotatable bonds is 4. The third-order valence-corrected chi connectivity index (χ3v) is 11.4. The summed E-state index contributed by atoms with van der Waals surface area (Å²) >= 11 is 0. The summed E-state index contributed by atoms with van der Waals surface area (Å²) in [5.74, 6) is 1.86. The Hall–Kier alpha value is -4.57. The number of hydrogen-bond acceptors (Lipinski definition) is 4. The van der Waals surface area contributed by atoms with Gasteiger partial charge in [0.15, 0.2) is 17.5 Å². The summed E-state index contributed by atoms with van der Waals surface area (Å²) in [6.07, 6.45) is 1.88. The normalized spacial score (nSPS) is 15.6. The van der Waals surface area contributed by atoms with Gasteiger partial charge in [0.25, 0.3) is 0 Å². The van der Waals surface area contributed by atoms with Gasteiger partial charge in [0, 0.05) is 43.0 Å². The van der Waals surface area contributed by atoms with Crippen molar-refractivity contribution >= 4 is 21.5 Å². The zero-order chi connectivity index (χ0) is 32.6. The summed E-state index contributed by atoms with van der Waals surface area (Å²) in [7, 11) is 0. The van der Waals surface area contributed by atoms with Crippen molar-refractivity contribution in [2.24, 2.45) is 5.41 Å². The fourth-order valence-corrected chi connectivity index (χ4v) is 7.40. The predicted octanol–water partition coefficient (Wildman–Crippen LogP) is 10.6. The Kier molecular flexibility index (Phi) is 7.70. The number of nitrogens with zero attached hydrogens (tertiary/aromatic N) is 4. The van der Waals surface area contributed by atoms with Crippen LogP contribution in [-0.4, -0.2) is 19.9 Å². The van der Waals surface area contributed by atoms with E-state index in [1.165, 1.54) is 11.1 Å². The summed E-state index contributed by atoms with van der Waals surface area (Å²) < 4.78 is 0. The molecule has 0 fully saturated rings. The maximum Gasteiger partial charge on any atom is 0.165 e. The molecule has 0 spiro atoms. The summed E-state index contributed by atoms with van der Waals surface area (Å²) in [4.78, 5) is 20.2. The van der Waals surface area contributed by atoms with E-state index in [-0.39, 0.29) is 36.4 Å². The van der Waals surface area contributed by atoms with Gasteiger partial charge in [0.05, 0.1) is 0 Å². The minimum absolute atomic E-state index is 0. The number of pyridine rings is 1. The second-order valence-corrected chi connectivity index (χ2v) is 14.3. The molecule has 1 aliphatic carbocycles. The van der Waals surface area contributed by atoms with Gasteiger partial charge < -0.3 is 4.98 Å². The van der Waals surface area contributed by atoms with E-state index in [0.717, 1.165) is 49.5 Å². The number of benzene rings is 5. The zero-order valence-electron chi connectivity index (χ0n) is 28.1. The van der Waals surface area contributed by atoms with Crippen LogP contribution in [0.1, 0.15) is 52.7 Å². The molecule has 0 unspecified atom stereocenters. The Morgan fingerprint density at radius 2 is 1.06 bits per heavy atom. The molecule has 1 aliphatic rings. The third kappa shape index (κ3) is 4.83. The molecule has 4 nitrogen and oxygen atoms in total. The van der Waals surface area contributed by atoms with Crippen LogP contribution in [0.25, 0.3) is 67.0 Å². The van der Waals surface area contributed by atoms with E-state index in [0.29, 0.717) is 17.5 Å². The van der Waals surface area contributed by atoms with Gasteiger partial charge in [-0.25, -0.2) is 15.0 Å². The molecule has 2 aromatic heterocycles. The second-order valence-electron chi connectivity index (χ2n) is 14.3. The maximum atomic E-state index is 5.09. The van der Waals surface area contributed by atoms with Gasteiger partial charge in [-0.1, -0.05) is 139 Å². The zero-order valence-corrected chi connectivity index (χ0v) is 30.5. The van der Waals surface area contributed by atoms with Crippen LogP contribution >= 0.6 is 0 Å². The topological polar surface area (TPSA) is 51.6 Å². The first-order valence-electron chi connectivity index (χ1n) is 16.3. The molecule has 5 aromatic carbocycles. The van der Waals surface area contributed by atoms with Gasteiger partial charge >= 0.3 is 0 Å². The average molecular weight is 802 g/mol. The standard InChI is InChI=1S/C43H37N4.Ir/c1-41(2)35-23-21-29(25-36(35)42(3,4)43(41,5)6)37-24-22-30(26-44-37)38-45-39(33-19-11-15-27-13-7-9-17-31(27)33)47-40(46-38)34-20-12-16-28-14-8-10-18-32(28)34;/h7-20,22-26H,1-6H3;/q-1;. The Bertz CT molecular complexity index is 2230. The first-order valence-corrected chi connectivity index (χ1v) is 16.3. The minimum Gasteiger partial charge on any atom is -0.304 e. The third-order valence-electron chi connectivity index (χ3n) is 11.4. The fraction of sp³-hybridized carbons (Fsp3) is 0.209. The molecule has 7 aromatic rings. The fourth-order valence-electron chi connectivity index (χ4n) is 7.40. The SMILES string of the molecule is CC1(C)c2c[c-]c(-c3ccc(-c4nc(-c5cccc6ccccc56)nc(-c5cccc6ccccc56)n4)cn3)cc2C(C)(C)C1(C)C.[Ir]. The van der Waals surface area contributed by atoms with E-state index in [9.17, 15) is 0 Å². The molecule has 1 radical (unpaired) electrons. The second kappa shape index (κ2) is 11.5. The molecule has 0 N–H and O–H groups in total. The Morgan fingerprint density at radius 3 is 1.62 bits per heavy atom. The van der Waals surface area contributed by atoms with Crippen LogP contribution in [0.3, 0.4) is 0 Å². The van der Waals surface area contributed by atoms with Crippen LogP contribution in [0.15, 0.2) is 115 Å². The molecule has 2 heterocycles. The van der Waals surface area contributed by atoms with Crippen molar-refractivity contribution in [3.8, 4) is 45.4 Å². The van der Waals surface area contributed by atoms with E-state index < -0.39 is 0 Å². The predicted molar refractivity (Wildman–Crippen MR) is 193 cm³/mol. The Labute approximate surface area is 296 Å². The molecule has 5 heteroatoms. The average Bonchev–Trinajstić information content (AvgIpc) is 3.20. The van der Waals surface area contributed by atoms with Crippen LogP contribution in [0.2, 0.25) is 0 Å². The van der Waals surface area contributed by atoms with Gasteiger partial charge in [0.1, 0.15) is 0 Å². The summed E-state index contributed by atoms with van der Waals surface area (Å²) in [5, 5.41) is 4.49. The number of fused-ring (bicyclic) bond motifs is 3. The molecule has 0 aliphatic heterocycles. The van der Waals surface area contributed by atoms with Crippen molar-refractivity contribution in [1.29, 1.82) is 0 Å². The quantitative estimate of drug-likeness (QED) is 0.166. The van der Waals surface area contributed by atoms with E-state index in [2.05, 4.69) is 157 Å². The van der Waals surface area contributed by atoms with Crippen LogP contribution in [0.5, 0.6) is 0 Å². The molecule has 0 saturated heterocycles. The Balaban J connectivity index is 0.00000364. The van der Waals surface area contributed by atoms with Crippen molar-refractivity contribution < 1.29 is 20.1 Å². The largest absolute Gasteiger partial charge is 0.304 e. The molecule has 239 valence electrons. The summed E-state index contributed by atoms with van der Waals surface area (Å²) in [5.41, 5.74) is 7.56. The van der Waals surface area contributed by atoms with Crippen LogP contribution in [0, 0.1) is 11.5 Å².